The second-order valence-electron chi connectivity index (χ2n) is 5.59. The second-order valence-corrected chi connectivity index (χ2v) is 6.53. The maximum Gasteiger partial charge on any atom is 0.434 e. The average molecular weight is 406 g/mol. The lowest BCUT2D eigenvalue weighted by atomic mass is 10.1. The molecule has 27 heavy (non-hydrogen) atoms. The Morgan fingerprint density at radius 2 is 1.81 bits per heavy atom. The highest BCUT2D eigenvalue weighted by atomic mass is 32.1. The minimum Gasteiger partial charge on any atom is -0.357 e. The predicted octanol–water partition coefficient (Wildman–Crippen LogP) is 3.78. The quantitative estimate of drug-likeness (QED) is 0.418. The molecule has 0 aliphatic heterocycles. The van der Waals surface area contributed by atoms with Crippen molar-refractivity contribution in [3.63, 3.8) is 0 Å². The van der Waals surface area contributed by atoms with E-state index < -0.39 is 23.5 Å². The van der Waals surface area contributed by atoms with Crippen molar-refractivity contribution < 1.29 is 22.0 Å². The second kappa shape index (κ2) is 9.63. The minimum absolute atomic E-state index is 0.259. The summed E-state index contributed by atoms with van der Waals surface area (Å²) in [5.74, 6) is -0.790. The Bertz CT molecular complexity index is 753. The number of alkyl halides is 3. The molecule has 2 N–H and O–H groups in total. The van der Waals surface area contributed by atoms with Crippen LogP contribution in [0, 0.1) is 11.6 Å². The van der Waals surface area contributed by atoms with E-state index in [1.54, 1.807) is 0 Å². The van der Waals surface area contributed by atoms with Crippen LogP contribution in [0.25, 0.3) is 0 Å². The van der Waals surface area contributed by atoms with Crippen molar-refractivity contribution in [1.29, 1.82) is 0 Å². The van der Waals surface area contributed by atoms with Crippen molar-refractivity contribution in [3.05, 3.63) is 51.5 Å². The van der Waals surface area contributed by atoms with Crippen molar-refractivity contribution in [2.75, 3.05) is 19.6 Å². The van der Waals surface area contributed by atoms with Crippen LogP contribution in [-0.4, -0.2) is 30.6 Å². The molecule has 0 bridgehead atoms. The number of rotatable bonds is 7. The van der Waals surface area contributed by atoms with E-state index in [0.29, 0.717) is 36.0 Å². The Hall–Kier alpha value is -2.23. The number of nitrogens with one attached hydrogen (secondary N) is 2. The van der Waals surface area contributed by atoms with Gasteiger partial charge in [-0.3, -0.25) is 4.99 Å². The predicted molar refractivity (Wildman–Crippen MR) is 94.9 cm³/mol. The zero-order valence-corrected chi connectivity index (χ0v) is 15.4. The van der Waals surface area contributed by atoms with Crippen molar-refractivity contribution in [3.8, 4) is 0 Å². The molecule has 0 saturated carbocycles. The van der Waals surface area contributed by atoms with E-state index in [0.717, 1.165) is 22.8 Å². The SMILES string of the molecule is CCNC(=NCCc1nc(C(F)(F)F)cs1)NCCc1cc(F)cc(F)c1. The number of halogens is 5. The molecule has 0 amide bonds. The molecule has 0 aliphatic carbocycles. The molecule has 1 heterocycles. The summed E-state index contributed by atoms with van der Waals surface area (Å²) in [6.45, 7) is 3.12. The van der Waals surface area contributed by atoms with E-state index in [9.17, 15) is 22.0 Å². The zero-order chi connectivity index (χ0) is 19.9. The summed E-state index contributed by atoms with van der Waals surface area (Å²) in [5, 5.41) is 7.37. The molecule has 1 aromatic heterocycles. The van der Waals surface area contributed by atoms with Gasteiger partial charge in [-0.05, 0) is 31.0 Å². The zero-order valence-electron chi connectivity index (χ0n) is 14.5. The summed E-state index contributed by atoms with van der Waals surface area (Å²) in [5.41, 5.74) is -0.378. The van der Waals surface area contributed by atoms with Crippen LogP contribution in [0.15, 0.2) is 28.6 Å². The molecule has 148 valence electrons. The largest absolute Gasteiger partial charge is 0.434 e. The third kappa shape index (κ3) is 7.12. The highest BCUT2D eigenvalue weighted by Crippen LogP contribution is 2.30. The summed E-state index contributed by atoms with van der Waals surface area (Å²) in [6, 6.07) is 3.33. The summed E-state index contributed by atoms with van der Waals surface area (Å²) in [6.07, 6.45) is -3.77. The molecule has 0 atom stereocenters. The molecular weight excluding hydrogens is 387 g/mol. The number of aromatic nitrogens is 1. The molecule has 0 radical (unpaired) electrons. The van der Waals surface area contributed by atoms with E-state index in [4.69, 9.17) is 0 Å². The van der Waals surface area contributed by atoms with Crippen LogP contribution in [-0.2, 0) is 19.0 Å². The first-order chi connectivity index (χ1) is 12.8. The van der Waals surface area contributed by atoms with Gasteiger partial charge < -0.3 is 10.6 Å². The van der Waals surface area contributed by atoms with Crippen LogP contribution in [0.5, 0.6) is 0 Å². The fourth-order valence-electron chi connectivity index (χ4n) is 2.24. The van der Waals surface area contributed by atoms with Crippen LogP contribution in [0.2, 0.25) is 0 Å². The molecule has 0 aliphatic rings. The topological polar surface area (TPSA) is 49.3 Å². The summed E-state index contributed by atoms with van der Waals surface area (Å²) >= 11 is 0.947. The number of thiazole rings is 1. The van der Waals surface area contributed by atoms with E-state index in [2.05, 4.69) is 20.6 Å². The molecular formula is C17H19F5N4S. The van der Waals surface area contributed by atoms with Crippen molar-refractivity contribution in [2.24, 2.45) is 4.99 Å². The van der Waals surface area contributed by atoms with E-state index in [1.807, 2.05) is 6.92 Å². The molecule has 1 aromatic carbocycles. The van der Waals surface area contributed by atoms with Crippen molar-refractivity contribution in [2.45, 2.75) is 25.9 Å². The molecule has 0 unspecified atom stereocenters. The first-order valence-corrected chi connectivity index (χ1v) is 9.14. The summed E-state index contributed by atoms with van der Waals surface area (Å²) < 4.78 is 63.9. The molecule has 0 saturated heterocycles. The summed E-state index contributed by atoms with van der Waals surface area (Å²) in [7, 11) is 0. The third-order valence-electron chi connectivity index (χ3n) is 3.41. The van der Waals surface area contributed by atoms with Gasteiger partial charge in [0.05, 0.1) is 5.01 Å². The highest BCUT2D eigenvalue weighted by molar-refractivity contribution is 7.09. The smallest absolute Gasteiger partial charge is 0.357 e. The van der Waals surface area contributed by atoms with Crippen LogP contribution in [0.4, 0.5) is 22.0 Å². The number of guanidine groups is 1. The van der Waals surface area contributed by atoms with Gasteiger partial charge in [0.2, 0.25) is 0 Å². The van der Waals surface area contributed by atoms with Gasteiger partial charge in [-0.2, -0.15) is 13.2 Å². The number of hydrogen-bond donors (Lipinski definition) is 2. The maximum absolute atomic E-state index is 13.2. The van der Waals surface area contributed by atoms with Gasteiger partial charge in [-0.1, -0.05) is 0 Å². The monoisotopic (exact) mass is 406 g/mol. The average Bonchev–Trinajstić information content (AvgIpc) is 3.03. The molecule has 0 spiro atoms. The number of nitrogens with zero attached hydrogens (tertiary/aromatic N) is 2. The van der Waals surface area contributed by atoms with Gasteiger partial charge >= 0.3 is 6.18 Å². The molecule has 4 nitrogen and oxygen atoms in total. The number of aliphatic imine (C=N–C) groups is 1. The van der Waals surface area contributed by atoms with Gasteiger partial charge in [0, 0.05) is 37.5 Å². The Labute approximate surface area is 157 Å². The lowest BCUT2D eigenvalue weighted by Crippen LogP contribution is -2.38. The van der Waals surface area contributed by atoms with Crippen LogP contribution in [0.1, 0.15) is 23.2 Å². The normalized spacial score (nSPS) is 12.3. The molecule has 10 heteroatoms. The van der Waals surface area contributed by atoms with Crippen LogP contribution >= 0.6 is 11.3 Å². The van der Waals surface area contributed by atoms with Gasteiger partial charge in [0.1, 0.15) is 11.6 Å². The number of hydrogen-bond acceptors (Lipinski definition) is 3. The van der Waals surface area contributed by atoms with Crippen LogP contribution in [0.3, 0.4) is 0 Å². The Morgan fingerprint density at radius 1 is 1.11 bits per heavy atom. The van der Waals surface area contributed by atoms with Gasteiger partial charge in [0.15, 0.2) is 11.7 Å². The van der Waals surface area contributed by atoms with Gasteiger partial charge in [0.25, 0.3) is 0 Å². The van der Waals surface area contributed by atoms with E-state index >= 15 is 0 Å². The fraction of sp³-hybridized carbons (Fsp3) is 0.412. The molecule has 0 fully saturated rings. The Balaban J connectivity index is 1.85. The van der Waals surface area contributed by atoms with Crippen molar-refractivity contribution >= 4 is 17.3 Å². The standard InChI is InChI=1S/C17H19F5N4S/c1-2-23-16(24-5-3-11-7-12(18)9-13(19)8-11)25-6-4-15-26-14(10-27-15)17(20,21)22/h7-10H,2-6H2,1H3,(H2,23,24,25). The fourth-order valence-corrected chi connectivity index (χ4v) is 3.04. The lowest BCUT2D eigenvalue weighted by molar-refractivity contribution is -0.140. The Morgan fingerprint density at radius 3 is 2.41 bits per heavy atom. The first kappa shape index (κ1) is 21.1. The van der Waals surface area contributed by atoms with Crippen molar-refractivity contribution in [1.82, 2.24) is 15.6 Å². The molecule has 2 aromatic rings. The van der Waals surface area contributed by atoms with Crippen LogP contribution < -0.4 is 10.6 Å². The van der Waals surface area contributed by atoms with E-state index in [-0.39, 0.29) is 13.0 Å². The third-order valence-corrected chi connectivity index (χ3v) is 4.32. The number of benzene rings is 1. The molecule has 2 rings (SSSR count). The van der Waals surface area contributed by atoms with E-state index in [1.165, 1.54) is 12.1 Å². The van der Waals surface area contributed by atoms with Gasteiger partial charge in [-0.25, -0.2) is 13.8 Å². The Kier molecular flexibility index (Phi) is 7.52. The van der Waals surface area contributed by atoms with Gasteiger partial charge in [-0.15, -0.1) is 11.3 Å². The first-order valence-electron chi connectivity index (χ1n) is 8.26. The summed E-state index contributed by atoms with van der Waals surface area (Å²) in [4.78, 5) is 7.83. The lowest BCUT2D eigenvalue weighted by Gasteiger charge is -2.11. The maximum atomic E-state index is 13.2. The highest BCUT2D eigenvalue weighted by Gasteiger charge is 2.33. The minimum atomic E-state index is -4.44.